The number of aromatic nitrogens is 1. The van der Waals surface area contributed by atoms with E-state index in [1.165, 1.54) is 16.4 Å². The van der Waals surface area contributed by atoms with Gasteiger partial charge in [0.05, 0.1) is 10.6 Å². The minimum absolute atomic E-state index is 0.0626. The average Bonchev–Trinajstić information content (AvgIpc) is 2.98. The Morgan fingerprint density at radius 1 is 1.21 bits per heavy atom. The lowest BCUT2D eigenvalue weighted by molar-refractivity contribution is -0.118. The van der Waals surface area contributed by atoms with E-state index in [9.17, 15) is 13.2 Å². The molecule has 0 aliphatic carbocycles. The van der Waals surface area contributed by atoms with Crippen molar-refractivity contribution in [3.63, 3.8) is 0 Å². The number of hydrogen-bond donors (Lipinski definition) is 1. The number of hydrogen-bond acceptors (Lipinski definition) is 5. The van der Waals surface area contributed by atoms with E-state index in [1.807, 2.05) is 13.0 Å². The summed E-state index contributed by atoms with van der Waals surface area (Å²) in [5, 5.41) is 2.63. The molecule has 4 rings (SSSR count). The van der Waals surface area contributed by atoms with Crippen LogP contribution in [0.1, 0.15) is 16.8 Å². The molecule has 1 amide bonds. The number of carbonyl (C=O) groups is 1. The van der Waals surface area contributed by atoms with Gasteiger partial charge >= 0.3 is 0 Å². The third-order valence-electron chi connectivity index (χ3n) is 4.13. The summed E-state index contributed by atoms with van der Waals surface area (Å²) in [5.41, 5.74) is 3.13. The highest BCUT2D eigenvalue weighted by molar-refractivity contribution is 7.89. The maximum absolute atomic E-state index is 12.9. The number of rotatable bonds is 2. The molecule has 1 N–H and O–H groups in total. The third-order valence-corrected chi connectivity index (χ3v) is 5.92. The zero-order valence-corrected chi connectivity index (χ0v) is 13.8. The Labute approximate surface area is 139 Å². The molecule has 2 aromatic rings. The topological polar surface area (TPSA) is 88.6 Å². The standard InChI is InChI=1S/C16H15N3O4S/c1-10-4-11-7-19(8-12(11)6-17-10)24(21,22)13-2-3-15-14(5-13)18-16(20)9-23-15/h2-6H,7-9H2,1H3,(H,18,20). The number of aryl methyl sites for hydroxylation is 1. The van der Waals surface area contributed by atoms with Crippen LogP contribution in [0, 0.1) is 6.92 Å². The molecule has 3 heterocycles. The second-order valence-electron chi connectivity index (χ2n) is 5.86. The van der Waals surface area contributed by atoms with Gasteiger partial charge in [-0.15, -0.1) is 0 Å². The highest BCUT2D eigenvalue weighted by atomic mass is 32.2. The Bertz CT molecular complexity index is 956. The van der Waals surface area contributed by atoms with Crippen molar-refractivity contribution in [3.8, 4) is 5.75 Å². The van der Waals surface area contributed by atoms with Crippen LogP contribution >= 0.6 is 0 Å². The summed E-state index contributed by atoms with van der Waals surface area (Å²) < 4.78 is 32.5. The predicted molar refractivity (Wildman–Crippen MR) is 86.0 cm³/mol. The highest BCUT2D eigenvalue weighted by Crippen LogP contribution is 2.33. The van der Waals surface area contributed by atoms with Crippen LogP contribution in [0.15, 0.2) is 35.4 Å². The van der Waals surface area contributed by atoms with Gasteiger partial charge in [0.2, 0.25) is 10.0 Å². The van der Waals surface area contributed by atoms with Crippen molar-refractivity contribution < 1.29 is 17.9 Å². The van der Waals surface area contributed by atoms with E-state index in [4.69, 9.17) is 4.74 Å². The molecule has 2 aliphatic rings. The van der Waals surface area contributed by atoms with Gasteiger partial charge in [-0.05, 0) is 42.3 Å². The Morgan fingerprint density at radius 2 is 2.00 bits per heavy atom. The minimum atomic E-state index is -3.67. The highest BCUT2D eigenvalue weighted by Gasteiger charge is 2.32. The number of nitrogens with zero attached hydrogens (tertiary/aromatic N) is 2. The Morgan fingerprint density at radius 3 is 2.83 bits per heavy atom. The maximum Gasteiger partial charge on any atom is 0.262 e. The third kappa shape index (κ3) is 2.44. The number of carbonyl (C=O) groups excluding carboxylic acids is 1. The fourth-order valence-corrected chi connectivity index (χ4v) is 4.33. The van der Waals surface area contributed by atoms with Gasteiger partial charge in [0.1, 0.15) is 5.75 Å². The van der Waals surface area contributed by atoms with Crippen molar-refractivity contribution >= 4 is 21.6 Å². The molecule has 0 atom stereocenters. The van der Waals surface area contributed by atoms with Crippen LogP contribution < -0.4 is 10.1 Å². The molecule has 1 aromatic carbocycles. The molecule has 0 fully saturated rings. The van der Waals surface area contributed by atoms with Crippen LogP contribution in [-0.4, -0.2) is 30.2 Å². The summed E-state index contributed by atoms with van der Waals surface area (Å²) in [7, 11) is -3.67. The number of ether oxygens (including phenoxy) is 1. The molecule has 0 bridgehead atoms. The quantitative estimate of drug-likeness (QED) is 0.889. The second-order valence-corrected chi connectivity index (χ2v) is 7.80. The van der Waals surface area contributed by atoms with Gasteiger partial charge in [0.15, 0.2) is 6.61 Å². The van der Waals surface area contributed by atoms with E-state index >= 15 is 0 Å². The van der Waals surface area contributed by atoms with Crippen LogP contribution in [0.25, 0.3) is 0 Å². The van der Waals surface area contributed by atoms with E-state index in [0.717, 1.165) is 16.8 Å². The number of amides is 1. The normalized spacial score (nSPS) is 17.0. The van der Waals surface area contributed by atoms with Crippen LogP contribution in [0.3, 0.4) is 0 Å². The summed E-state index contributed by atoms with van der Waals surface area (Å²) >= 11 is 0. The summed E-state index contributed by atoms with van der Waals surface area (Å²) in [6.07, 6.45) is 1.72. The zero-order valence-electron chi connectivity index (χ0n) is 12.9. The van der Waals surface area contributed by atoms with E-state index in [2.05, 4.69) is 10.3 Å². The van der Waals surface area contributed by atoms with Crippen LogP contribution in [0.2, 0.25) is 0 Å². The van der Waals surface area contributed by atoms with E-state index < -0.39 is 10.0 Å². The summed E-state index contributed by atoms with van der Waals surface area (Å²) in [6.45, 7) is 2.43. The first kappa shape index (κ1) is 15.1. The van der Waals surface area contributed by atoms with Crippen LogP contribution in [-0.2, 0) is 27.9 Å². The number of anilines is 1. The zero-order chi connectivity index (χ0) is 16.9. The lowest BCUT2D eigenvalue weighted by Gasteiger charge is -2.20. The van der Waals surface area contributed by atoms with Crippen molar-refractivity contribution in [2.24, 2.45) is 0 Å². The molecule has 0 saturated heterocycles. The predicted octanol–water partition coefficient (Wildman–Crippen LogP) is 1.43. The van der Waals surface area contributed by atoms with Crippen molar-refractivity contribution in [1.29, 1.82) is 0 Å². The molecule has 0 radical (unpaired) electrons. The molecule has 2 aliphatic heterocycles. The molecule has 8 heteroatoms. The lowest BCUT2D eigenvalue weighted by Crippen LogP contribution is -2.27. The monoisotopic (exact) mass is 345 g/mol. The van der Waals surface area contributed by atoms with Gasteiger partial charge in [-0.3, -0.25) is 9.78 Å². The lowest BCUT2D eigenvalue weighted by atomic mass is 10.2. The van der Waals surface area contributed by atoms with Gasteiger partial charge in [-0.1, -0.05) is 0 Å². The average molecular weight is 345 g/mol. The van der Waals surface area contributed by atoms with Crippen molar-refractivity contribution in [3.05, 3.63) is 47.3 Å². The largest absolute Gasteiger partial charge is 0.482 e. The number of sulfonamides is 1. The van der Waals surface area contributed by atoms with Crippen molar-refractivity contribution in [1.82, 2.24) is 9.29 Å². The first-order valence-corrected chi connectivity index (χ1v) is 8.89. The first-order valence-electron chi connectivity index (χ1n) is 7.45. The number of nitrogens with one attached hydrogen (secondary N) is 1. The molecular weight excluding hydrogens is 330 g/mol. The molecule has 0 saturated carbocycles. The van der Waals surface area contributed by atoms with Gasteiger partial charge in [0, 0.05) is 25.0 Å². The minimum Gasteiger partial charge on any atom is -0.482 e. The maximum atomic E-state index is 12.9. The van der Waals surface area contributed by atoms with Gasteiger partial charge < -0.3 is 10.1 Å². The summed E-state index contributed by atoms with van der Waals surface area (Å²) in [5.74, 6) is 0.172. The summed E-state index contributed by atoms with van der Waals surface area (Å²) in [6, 6.07) is 6.41. The SMILES string of the molecule is Cc1cc2c(cn1)CN(S(=O)(=O)c1ccc3c(c1)NC(=O)CO3)C2. The Kier molecular flexibility index (Phi) is 3.33. The molecule has 24 heavy (non-hydrogen) atoms. The van der Waals surface area contributed by atoms with Gasteiger partial charge in [0.25, 0.3) is 5.91 Å². The summed E-state index contributed by atoms with van der Waals surface area (Å²) in [4.78, 5) is 15.8. The van der Waals surface area contributed by atoms with Gasteiger partial charge in [-0.2, -0.15) is 4.31 Å². The van der Waals surface area contributed by atoms with E-state index in [-0.39, 0.29) is 17.4 Å². The van der Waals surface area contributed by atoms with Crippen molar-refractivity contribution in [2.45, 2.75) is 24.9 Å². The fourth-order valence-electron chi connectivity index (χ4n) is 2.91. The molecule has 0 unspecified atom stereocenters. The molecule has 7 nitrogen and oxygen atoms in total. The smallest absolute Gasteiger partial charge is 0.262 e. The molecular formula is C16H15N3O4S. The van der Waals surface area contributed by atoms with Gasteiger partial charge in [-0.25, -0.2) is 8.42 Å². The Hall–Kier alpha value is -2.45. The number of fused-ring (bicyclic) bond motifs is 2. The second kappa shape index (κ2) is 5.29. The number of benzene rings is 1. The van der Waals surface area contributed by atoms with E-state index in [0.29, 0.717) is 24.5 Å². The fraction of sp³-hybridized carbons (Fsp3) is 0.250. The van der Waals surface area contributed by atoms with Crippen LogP contribution in [0.5, 0.6) is 5.75 Å². The van der Waals surface area contributed by atoms with E-state index in [1.54, 1.807) is 12.3 Å². The Balaban J connectivity index is 1.67. The van der Waals surface area contributed by atoms with Crippen molar-refractivity contribution in [2.75, 3.05) is 11.9 Å². The molecule has 124 valence electrons. The van der Waals surface area contributed by atoms with Crippen LogP contribution in [0.4, 0.5) is 5.69 Å². The molecule has 0 spiro atoms. The molecule has 1 aromatic heterocycles. The first-order chi connectivity index (χ1) is 11.4. The number of pyridine rings is 1.